The molecule has 0 aliphatic rings. The molecule has 0 amide bonds. The van der Waals surface area contributed by atoms with E-state index in [0.717, 1.165) is 34.3 Å². The highest BCUT2D eigenvalue weighted by molar-refractivity contribution is 7.86. The minimum Gasteiger partial charge on any atom is -0.476 e. The van der Waals surface area contributed by atoms with Crippen LogP contribution in [0.4, 0.5) is 0 Å². The van der Waals surface area contributed by atoms with Crippen LogP contribution in [0.2, 0.25) is 0 Å². The second-order valence-corrected chi connectivity index (χ2v) is 11.4. The minimum atomic E-state index is -3.59. The van der Waals surface area contributed by atoms with E-state index in [1.165, 1.54) is 0 Å². The van der Waals surface area contributed by atoms with Crippen LogP contribution in [-0.2, 0) is 39.2 Å². The predicted molar refractivity (Wildman–Crippen MR) is 146 cm³/mol. The number of esters is 1. The fourth-order valence-corrected chi connectivity index (χ4v) is 4.66. The van der Waals surface area contributed by atoms with Gasteiger partial charge in [-0.2, -0.15) is 8.42 Å². The van der Waals surface area contributed by atoms with Gasteiger partial charge in [0.1, 0.15) is 17.3 Å². The number of hydrogen-bond acceptors (Lipinski definition) is 8. The second kappa shape index (κ2) is 12.5. The lowest BCUT2D eigenvalue weighted by atomic mass is 10.0. The zero-order valence-corrected chi connectivity index (χ0v) is 23.8. The second-order valence-electron chi connectivity index (χ2n) is 9.87. The van der Waals surface area contributed by atoms with Gasteiger partial charge in [-0.15, -0.1) is 0 Å². The van der Waals surface area contributed by atoms with E-state index in [0.29, 0.717) is 44.2 Å². The maximum atomic E-state index is 12.3. The van der Waals surface area contributed by atoms with Crippen molar-refractivity contribution in [2.45, 2.75) is 59.7 Å². The van der Waals surface area contributed by atoms with Crippen LogP contribution in [-0.4, -0.2) is 44.3 Å². The lowest BCUT2D eigenvalue weighted by molar-refractivity contribution is -0.158. The van der Waals surface area contributed by atoms with Gasteiger partial charge in [0.05, 0.1) is 25.7 Å². The highest BCUT2D eigenvalue weighted by Crippen LogP contribution is 2.30. The first-order valence-electron chi connectivity index (χ1n) is 12.6. The molecule has 0 aliphatic carbocycles. The summed E-state index contributed by atoms with van der Waals surface area (Å²) in [5.74, 6) is 1.42. The van der Waals surface area contributed by atoms with E-state index >= 15 is 0 Å². The molecule has 0 saturated heterocycles. The van der Waals surface area contributed by atoms with Gasteiger partial charge < -0.3 is 18.1 Å². The molecule has 0 radical (unpaired) electrons. The van der Waals surface area contributed by atoms with Gasteiger partial charge in [0.2, 0.25) is 0 Å². The van der Waals surface area contributed by atoms with Crippen molar-refractivity contribution in [1.82, 2.24) is 4.90 Å². The van der Waals surface area contributed by atoms with Gasteiger partial charge in [-0.3, -0.25) is 4.90 Å². The Kier molecular flexibility index (Phi) is 9.62. The molecule has 9 heteroatoms. The van der Waals surface area contributed by atoms with Gasteiger partial charge >= 0.3 is 16.1 Å². The molecule has 0 fully saturated rings. The fraction of sp³-hybridized carbons (Fsp3) is 0.414. The average molecular weight is 544 g/mol. The normalized spacial score (nSPS) is 12.0. The number of nitrogens with zero attached hydrogens (tertiary/aromatic N) is 1. The molecule has 0 spiro atoms. The summed E-state index contributed by atoms with van der Waals surface area (Å²) >= 11 is 0. The Balaban J connectivity index is 1.77. The van der Waals surface area contributed by atoms with Crippen molar-refractivity contribution in [3.8, 4) is 11.5 Å². The number of aryl methyl sites for hydroxylation is 2. The summed E-state index contributed by atoms with van der Waals surface area (Å²) in [6.45, 7) is 11.4. The van der Waals surface area contributed by atoms with Crippen molar-refractivity contribution in [3.05, 3.63) is 82.8 Å². The summed E-state index contributed by atoms with van der Waals surface area (Å²) in [6, 6.07) is 15.1. The van der Waals surface area contributed by atoms with Gasteiger partial charge in [0, 0.05) is 13.1 Å². The topological polar surface area (TPSA) is 95.3 Å². The number of benzene rings is 2. The molecule has 38 heavy (non-hydrogen) atoms. The molecule has 0 bridgehead atoms. The molecule has 206 valence electrons. The van der Waals surface area contributed by atoms with E-state index in [1.54, 1.807) is 45.2 Å². The number of rotatable bonds is 13. The van der Waals surface area contributed by atoms with Crippen molar-refractivity contribution in [3.63, 3.8) is 0 Å². The molecular formula is C29H37NO7S. The Hall–Kier alpha value is -3.30. The first kappa shape index (κ1) is 29.3. The van der Waals surface area contributed by atoms with Crippen molar-refractivity contribution in [2.24, 2.45) is 0 Å². The monoisotopic (exact) mass is 543 g/mol. The molecule has 3 rings (SSSR count). The largest absolute Gasteiger partial charge is 0.476 e. The first-order valence-corrected chi connectivity index (χ1v) is 14.4. The Labute approximate surface area is 225 Å². The lowest BCUT2D eigenvalue weighted by Gasteiger charge is -2.27. The summed E-state index contributed by atoms with van der Waals surface area (Å²) in [7, 11) is -3.59. The summed E-state index contributed by atoms with van der Waals surface area (Å²) < 4.78 is 44.9. The maximum absolute atomic E-state index is 12.3. The number of carbonyl (C=O) groups excluding carboxylic acids is 1. The number of ether oxygens (including phenoxy) is 2. The molecule has 3 aromatic rings. The maximum Gasteiger partial charge on any atom is 0.349 e. The average Bonchev–Trinajstić information content (AvgIpc) is 3.32. The Morgan fingerprint density at radius 2 is 1.71 bits per heavy atom. The molecule has 0 N–H and O–H groups in total. The van der Waals surface area contributed by atoms with Gasteiger partial charge in [-0.25, -0.2) is 4.79 Å². The van der Waals surface area contributed by atoms with Crippen LogP contribution in [0.1, 0.15) is 48.8 Å². The zero-order chi connectivity index (χ0) is 27.9. The third kappa shape index (κ3) is 8.63. The van der Waals surface area contributed by atoms with Crippen LogP contribution in [0.3, 0.4) is 0 Å². The Morgan fingerprint density at radius 1 is 1.00 bits per heavy atom. The highest BCUT2D eigenvalue weighted by atomic mass is 32.2. The molecule has 0 saturated carbocycles. The van der Waals surface area contributed by atoms with Crippen LogP contribution in [0, 0.1) is 13.8 Å². The molecule has 2 aromatic carbocycles. The van der Waals surface area contributed by atoms with Crippen molar-refractivity contribution < 1.29 is 31.3 Å². The Morgan fingerprint density at radius 3 is 2.32 bits per heavy atom. The molecule has 8 nitrogen and oxygen atoms in total. The van der Waals surface area contributed by atoms with E-state index in [9.17, 15) is 13.2 Å². The van der Waals surface area contributed by atoms with Gasteiger partial charge in [0.15, 0.2) is 5.60 Å². The van der Waals surface area contributed by atoms with E-state index in [-0.39, 0.29) is 0 Å². The van der Waals surface area contributed by atoms with Crippen LogP contribution in [0.15, 0.2) is 59.2 Å². The molecule has 1 heterocycles. The SMILES string of the molecule is CCOC(=O)C(C)(C)Oc1c(C)cc(CN(CCc2cccc(OS(C)(=O)=O)c2)Cc2ccco2)cc1C. The molecule has 0 aliphatic heterocycles. The minimum absolute atomic E-state index is 0.295. The van der Waals surface area contributed by atoms with Crippen LogP contribution in [0.5, 0.6) is 11.5 Å². The number of carbonyl (C=O) groups is 1. The molecule has 1 aromatic heterocycles. The van der Waals surface area contributed by atoms with Gasteiger partial charge in [-0.05, 0) is 87.6 Å². The predicted octanol–water partition coefficient (Wildman–Crippen LogP) is 5.20. The van der Waals surface area contributed by atoms with Crippen molar-refractivity contribution in [2.75, 3.05) is 19.4 Å². The van der Waals surface area contributed by atoms with E-state index in [4.69, 9.17) is 18.1 Å². The van der Waals surface area contributed by atoms with E-state index < -0.39 is 21.7 Å². The van der Waals surface area contributed by atoms with E-state index in [1.807, 2.05) is 32.0 Å². The van der Waals surface area contributed by atoms with Crippen LogP contribution >= 0.6 is 0 Å². The number of hydrogen-bond donors (Lipinski definition) is 0. The fourth-order valence-electron chi connectivity index (χ4n) is 4.20. The summed E-state index contributed by atoms with van der Waals surface area (Å²) in [6.07, 6.45) is 3.38. The highest BCUT2D eigenvalue weighted by Gasteiger charge is 2.32. The molecule has 0 atom stereocenters. The van der Waals surface area contributed by atoms with Crippen LogP contribution in [0.25, 0.3) is 0 Å². The zero-order valence-electron chi connectivity index (χ0n) is 22.9. The Bertz CT molecular complexity index is 1310. The lowest BCUT2D eigenvalue weighted by Crippen LogP contribution is -2.40. The third-order valence-electron chi connectivity index (χ3n) is 5.87. The van der Waals surface area contributed by atoms with Crippen molar-refractivity contribution >= 4 is 16.1 Å². The summed E-state index contributed by atoms with van der Waals surface area (Å²) in [4.78, 5) is 14.6. The third-order valence-corrected chi connectivity index (χ3v) is 6.37. The van der Waals surface area contributed by atoms with Gasteiger partial charge in [-0.1, -0.05) is 24.3 Å². The van der Waals surface area contributed by atoms with Gasteiger partial charge in [0.25, 0.3) is 0 Å². The van der Waals surface area contributed by atoms with E-state index in [2.05, 4.69) is 17.0 Å². The van der Waals surface area contributed by atoms with Crippen LogP contribution < -0.4 is 8.92 Å². The standard InChI is InChI=1S/C29H37NO7S/c1-7-34-28(31)29(4,5)36-27-21(2)16-24(17-22(27)3)19-30(20-26-12-9-15-35-26)14-13-23-10-8-11-25(18-23)37-38(6,32)33/h8-12,15-18H,7,13-14,19-20H2,1-6H3. The summed E-state index contributed by atoms with van der Waals surface area (Å²) in [5, 5.41) is 0. The first-order chi connectivity index (χ1) is 17.9. The smallest absolute Gasteiger partial charge is 0.349 e. The summed E-state index contributed by atoms with van der Waals surface area (Å²) in [5.41, 5.74) is 2.82. The van der Waals surface area contributed by atoms with Crippen molar-refractivity contribution in [1.29, 1.82) is 0 Å². The number of furan rings is 1. The molecule has 0 unspecified atom stereocenters. The quantitative estimate of drug-likeness (QED) is 0.214. The molecular weight excluding hydrogens is 506 g/mol.